The SMILES string of the molecule is CSC1(C(=O)Nc2cccc3cnccc23)CCC1. The summed E-state index contributed by atoms with van der Waals surface area (Å²) in [6.45, 7) is 0. The average molecular weight is 272 g/mol. The molecule has 3 nitrogen and oxygen atoms in total. The van der Waals surface area contributed by atoms with Crippen LogP contribution < -0.4 is 5.32 Å². The largest absolute Gasteiger partial charge is 0.324 e. The normalized spacial score (nSPS) is 16.9. The van der Waals surface area contributed by atoms with Crippen LogP contribution in [-0.2, 0) is 4.79 Å². The molecule has 0 aliphatic heterocycles. The molecule has 1 aromatic carbocycles. The fourth-order valence-electron chi connectivity index (χ4n) is 2.49. The maximum atomic E-state index is 12.4. The Morgan fingerprint density at radius 3 is 2.89 bits per heavy atom. The number of nitrogens with one attached hydrogen (secondary N) is 1. The van der Waals surface area contributed by atoms with Gasteiger partial charge in [-0.2, -0.15) is 0 Å². The molecule has 98 valence electrons. The Morgan fingerprint density at radius 2 is 2.21 bits per heavy atom. The first kappa shape index (κ1) is 12.5. The lowest BCUT2D eigenvalue weighted by molar-refractivity contribution is -0.120. The molecule has 1 heterocycles. The number of amides is 1. The Balaban J connectivity index is 1.91. The van der Waals surface area contributed by atoms with Crippen LogP contribution in [0, 0.1) is 0 Å². The van der Waals surface area contributed by atoms with Gasteiger partial charge in [0.05, 0.1) is 4.75 Å². The van der Waals surface area contributed by atoms with Gasteiger partial charge in [-0.25, -0.2) is 0 Å². The topological polar surface area (TPSA) is 42.0 Å². The van der Waals surface area contributed by atoms with E-state index in [9.17, 15) is 4.79 Å². The second-order valence-corrected chi connectivity index (χ2v) is 6.10. The molecular weight excluding hydrogens is 256 g/mol. The van der Waals surface area contributed by atoms with Crippen molar-refractivity contribution in [1.82, 2.24) is 4.98 Å². The highest BCUT2D eigenvalue weighted by molar-refractivity contribution is 8.00. The van der Waals surface area contributed by atoms with Crippen molar-refractivity contribution in [3.63, 3.8) is 0 Å². The van der Waals surface area contributed by atoms with Gasteiger partial charge < -0.3 is 5.32 Å². The van der Waals surface area contributed by atoms with Crippen molar-refractivity contribution < 1.29 is 4.79 Å². The van der Waals surface area contributed by atoms with E-state index in [1.807, 2.05) is 36.7 Å². The van der Waals surface area contributed by atoms with Crippen LogP contribution >= 0.6 is 11.8 Å². The summed E-state index contributed by atoms with van der Waals surface area (Å²) in [7, 11) is 0. The summed E-state index contributed by atoms with van der Waals surface area (Å²) in [4.78, 5) is 16.6. The summed E-state index contributed by atoms with van der Waals surface area (Å²) in [5.74, 6) is 0.135. The number of aromatic nitrogens is 1. The fourth-order valence-corrected chi connectivity index (χ4v) is 3.42. The summed E-state index contributed by atoms with van der Waals surface area (Å²) in [6, 6.07) is 7.85. The van der Waals surface area contributed by atoms with Crippen molar-refractivity contribution in [2.45, 2.75) is 24.0 Å². The average Bonchev–Trinajstić information content (AvgIpc) is 2.38. The zero-order valence-electron chi connectivity index (χ0n) is 10.8. The second-order valence-electron chi connectivity index (χ2n) is 4.91. The molecule has 19 heavy (non-hydrogen) atoms. The molecule has 0 unspecified atom stereocenters. The van der Waals surface area contributed by atoms with Gasteiger partial charge in [0.2, 0.25) is 5.91 Å². The molecule has 0 saturated heterocycles. The molecule has 1 amide bonds. The minimum atomic E-state index is -0.213. The number of rotatable bonds is 3. The summed E-state index contributed by atoms with van der Waals surface area (Å²) < 4.78 is -0.213. The van der Waals surface area contributed by atoms with Gasteiger partial charge in [-0.1, -0.05) is 12.1 Å². The zero-order chi connectivity index (χ0) is 13.3. The minimum absolute atomic E-state index is 0.135. The maximum Gasteiger partial charge on any atom is 0.240 e. The van der Waals surface area contributed by atoms with Crippen molar-refractivity contribution in [3.8, 4) is 0 Å². The van der Waals surface area contributed by atoms with Crippen molar-refractivity contribution >= 4 is 34.1 Å². The Morgan fingerprint density at radius 1 is 1.37 bits per heavy atom. The van der Waals surface area contributed by atoms with E-state index >= 15 is 0 Å². The third-order valence-corrected chi connectivity index (χ3v) is 5.27. The highest BCUT2D eigenvalue weighted by Crippen LogP contribution is 2.43. The van der Waals surface area contributed by atoms with Crippen LogP contribution in [0.15, 0.2) is 36.7 Å². The van der Waals surface area contributed by atoms with E-state index < -0.39 is 0 Å². The van der Waals surface area contributed by atoms with Crippen LogP contribution in [-0.4, -0.2) is 21.9 Å². The first-order chi connectivity index (χ1) is 9.25. The van der Waals surface area contributed by atoms with Gasteiger partial charge in [-0.3, -0.25) is 9.78 Å². The van der Waals surface area contributed by atoms with E-state index in [1.54, 1.807) is 18.0 Å². The highest BCUT2D eigenvalue weighted by atomic mass is 32.2. The van der Waals surface area contributed by atoms with E-state index in [2.05, 4.69) is 10.3 Å². The molecule has 1 aromatic heterocycles. The summed E-state index contributed by atoms with van der Waals surface area (Å²) in [6.07, 6.45) is 8.70. The standard InChI is InChI=1S/C15H16N2OS/c1-19-15(7-3-8-15)14(18)17-13-5-2-4-11-10-16-9-6-12(11)13/h2,4-6,9-10H,3,7-8H2,1H3,(H,17,18). The smallest absolute Gasteiger partial charge is 0.240 e. The first-order valence-corrected chi connectivity index (χ1v) is 7.67. The number of anilines is 1. The van der Waals surface area contributed by atoms with Crippen LogP contribution in [0.5, 0.6) is 0 Å². The number of benzene rings is 1. The van der Waals surface area contributed by atoms with Gasteiger partial charge in [-0.15, -0.1) is 11.8 Å². The van der Waals surface area contributed by atoms with E-state index in [0.717, 1.165) is 35.7 Å². The minimum Gasteiger partial charge on any atom is -0.324 e. The van der Waals surface area contributed by atoms with Crippen LogP contribution in [0.25, 0.3) is 10.8 Å². The lowest BCUT2D eigenvalue weighted by Gasteiger charge is -2.38. The lowest BCUT2D eigenvalue weighted by atomic mass is 9.83. The summed E-state index contributed by atoms with van der Waals surface area (Å²) in [5.41, 5.74) is 0.880. The number of carbonyl (C=O) groups is 1. The Kier molecular flexibility index (Phi) is 3.19. The molecule has 0 radical (unpaired) electrons. The van der Waals surface area contributed by atoms with Crippen LogP contribution in [0.1, 0.15) is 19.3 Å². The number of pyridine rings is 1. The van der Waals surface area contributed by atoms with Crippen molar-refractivity contribution in [2.24, 2.45) is 0 Å². The molecule has 3 rings (SSSR count). The number of hydrogen-bond donors (Lipinski definition) is 1. The zero-order valence-corrected chi connectivity index (χ0v) is 11.7. The molecule has 1 N–H and O–H groups in total. The number of carbonyl (C=O) groups excluding carboxylic acids is 1. The van der Waals surface area contributed by atoms with Crippen LogP contribution in [0.3, 0.4) is 0 Å². The number of fused-ring (bicyclic) bond motifs is 1. The molecular formula is C15H16N2OS. The highest BCUT2D eigenvalue weighted by Gasteiger charge is 2.43. The summed E-state index contributed by atoms with van der Waals surface area (Å²) in [5, 5.41) is 5.18. The Hall–Kier alpha value is -1.55. The van der Waals surface area contributed by atoms with Crippen LogP contribution in [0.2, 0.25) is 0 Å². The van der Waals surface area contributed by atoms with Crippen molar-refractivity contribution in [2.75, 3.05) is 11.6 Å². The van der Waals surface area contributed by atoms with Gasteiger partial charge in [-0.05, 0) is 37.7 Å². The molecule has 0 bridgehead atoms. The lowest BCUT2D eigenvalue weighted by Crippen LogP contribution is -2.45. The van der Waals surface area contributed by atoms with E-state index in [-0.39, 0.29) is 10.7 Å². The van der Waals surface area contributed by atoms with Gasteiger partial charge >= 0.3 is 0 Å². The summed E-state index contributed by atoms with van der Waals surface area (Å²) >= 11 is 1.67. The molecule has 1 aliphatic carbocycles. The molecule has 1 fully saturated rings. The van der Waals surface area contributed by atoms with E-state index in [4.69, 9.17) is 0 Å². The predicted octanol–water partition coefficient (Wildman–Crippen LogP) is 3.46. The third-order valence-electron chi connectivity index (χ3n) is 3.89. The molecule has 0 spiro atoms. The van der Waals surface area contributed by atoms with E-state index in [1.165, 1.54) is 0 Å². The van der Waals surface area contributed by atoms with Gasteiger partial charge in [0.15, 0.2) is 0 Å². The number of thioether (sulfide) groups is 1. The monoisotopic (exact) mass is 272 g/mol. The van der Waals surface area contributed by atoms with Gasteiger partial charge in [0.1, 0.15) is 0 Å². The number of hydrogen-bond acceptors (Lipinski definition) is 3. The Bertz CT molecular complexity index is 612. The maximum absolute atomic E-state index is 12.4. The molecule has 1 saturated carbocycles. The van der Waals surface area contributed by atoms with Crippen LogP contribution in [0.4, 0.5) is 5.69 Å². The molecule has 0 atom stereocenters. The Labute approximate surface area is 116 Å². The molecule has 2 aromatic rings. The van der Waals surface area contributed by atoms with E-state index in [0.29, 0.717) is 0 Å². The first-order valence-electron chi connectivity index (χ1n) is 6.44. The van der Waals surface area contributed by atoms with Gasteiger partial charge in [0.25, 0.3) is 0 Å². The second kappa shape index (κ2) is 4.85. The predicted molar refractivity (Wildman–Crippen MR) is 80.5 cm³/mol. The third kappa shape index (κ3) is 2.10. The van der Waals surface area contributed by atoms with Gasteiger partial charge in [0, 0.05) is 28.9 Å². The fraction of sp³-hybridized carbons (Fsp3) is 0.333. The molecule has 1 aliphatic rings. The van der Waals surface area contributed by atoms with Crippen molar-refractivity contribution in [1.29, 1.82) is 0 Å². The quantitative estimate of drug-likeness (QED) is 0.930. The van der Waals surface area contributed by atoms with Crippen molar-refractivity contribution in [3.05, 3.63) is 36.7 Å². The molecule has 4 heteroatoms. The number of nitrogens with zero attached hydrogens (tertiary/aromatic N) is 1.